The highest BCUT2D eigenvalue weighted by Crippen LogP contribution is 2.32. The van der Waals surface area contributed by atoms with Gasteiger partial charge in [-0.2, -0.15) is 0 Å². The lowest BCUT2D eigenvalue weighted by Crippen LogP contribution is -2.23. The van der Waals surface area contributed by atoms with Gasteiger partial charge in [0.05, 0.1) is 13.2 Å². The van der Waals surface area contributed by atoms with E-state index >= 15 is 0 Å². The van der Waals surface area contributed by atoms with Gasteiger partial charge in [-0.3, -0.25) is 0 Å². The molecule has 0 bridgehead atoms. The zero-order chi connectivity index (χ0) is 15.4. The SMILES string of the molecule is CCNC(c1ccc(OC)c(C)c1)c1c(F)cccc1Cl. The van der Waals surface area contributed by atoms with E-state index in [9.17, 15) is 4.39 Å². The molecule has 0 aliphatic heterocycles. The highest BCUT2D eigenvalue weighted by Gasteiger charge is 2.20. The smallest absolute Gasteiger partial charge is 0.129 e. The molecule has 1 N–H and O–H groups in total. The van der Waals surface area contributed by atoms with Crippen LogP contribution >= 0.6 is 11.6 Å². The molecule has 2 rings (SSSR count). The summed E-state index contributed by atoms with van der Waals surface area (Å²) < 4.78 is 19.5. The summed E-state index contributed by atoms with van der Waals surface area (Å²) in [6.07, 6.45) is 0. The van der Waals surface area contributed by atoms with Gasteiger partial charge in [-0.05, 0) is 42.8 Å². The fraction of sp³-hybridized carbons (Fsp3) is 0.294. The van der Waals surface area contributed by atoms with Crippen molar-refractivity contribution in [1.82, 2.24) is 5.32 Å². The Hall–Kier alpha value is -1.58. The van der Waals surface area contributed by atoms with E-state index in [2.05, 4.69) is 5.32 Å². The number of methoxy groups -OCH3 is 1. The van der Waals surface area contributed by atoms with Crippen LogP contribution in [-0.2, 0) is 0 Å². The van der Waals surface area contributed by atoms with Gasteiger partial charge in [-0.25, -0.2) is 4.39 Å². The number of halogens is 2. The summed E-state index contributed by atoms with van der Waals surface area (Å²) in [6.45, 7) is 4.66. The molecule has 0 saturated carbocycles. The molecule has 2 aromatic rings. The predicted octanol–water partition coefficient (Wildman–Crippen LogP) is 4.50. The van der Waals surface area contributed by atoms with E-state index in [0.717, 1.165) is 16.9 Å². The molecule has 0 spiro atoms. The molecule has 0 fully saturated rings. The fourth-order valence-electron chi connectivity index (χ4n) is 2.46. The Kier molecular flexibility index (Phi) is 5.21. The molecule has 0 aliphatic carbocycles. The van der Waals surface area contributed by atoms with Crippen LogP contribution in [0.1, 0.15) is 29.7 Å². The Morgan fingerprint density at radius 1 is 1.29 bits per heavy atom. The molecule has 0 saturated heterocycles. The Morgan fingerprint density at radius 3 is 2.62 bits per heavy atom. The maximum Gasteiger partial charge on any atom is 0.129 e. The molecule has 0 heterocycles. The van der Waals surface area contributed by atoms with Crippen molar-refractivity contribution in [2.75, 3.05) is 13.7 Å². The number of ether oxygens (including phenoxy) is 1. The second-order valence-corrected chi connectivity index (χ2v) is 5.26. The van der Waals surface area contributed by atoms with Crippen molar-refractivity contribution in [2.45, 2.75) is 19.9 Å². The van der Waals surface area contributed by atoms with Gasteiger partial charge in [-0.1, -0.05) is 36.7 Å². The summed E-state index contributed by atoms with van der Waals surface area (Å²) in [5.74, 6) is 0.510. The maximum atomic E-state index is 14.2. The Bertz CT molecular complexity index is 610. The minimum absolute atomic E-state index is 0.284. The lowest BCUT2D eigenvalue weighted by molar-refractivity contribution is 0.411. The van der Waals surface area contributed by atoms with Crippen LogP contribution in [0.2, 0.25) is 5.02 Å². The summed E-state index contributed by atoms with van der Waals surface area (Å²) >= 11 is 6.20. The number of rotatable bonds is 5. The molecule has 112 valence electrons. The van der Waals surface area contributed by atoms with Crippen LogP contribution in [-0.4, -0.2) is 13.7 Å². The minimum Gasteiger partial charge on any atom is -0.496 e. The summed E-state index contributed by atoms with van der Waals surface area (Å²) in [5.41, 5.74) is 2.44. The molecule has 0 aliphatic rings. The normalized spacial score (nSPS) is 12.2. The number of aryl methyl sites for hydroxylation is 1. The fourth-order valence-corrected chi connectivity index (χ4v) is 2.73. The van der Waals surface area contributed by atoms with Gasteiger partial charge in [0, 0.05) is 10.6 Å². The van der Waals surface area contributed by atoms with Gasteiger partial charge in [-0.15, -0.1) is 0 Å². The Morgan fingerprint density at radius 2 is 2.05 bits per heavy atom. The van der Waals surface area contributed by atoms with Gasteiger partial charge < -0.3 is 10.1 Å². The second-order valence-electron chi connectivity index (χ2n) is 4.86. The van der Waals surface area contributed by atoms with E-state index < -0.39 is 0 Å². The summed E-state index contributed by atoms with van der Waals surface area (Å²) in [5, 5.41) is 3.72. The number of nitrogens with one attached hydrogen (secondary N) is 1. The van der Waals surface area contributed by atoms with Gasteiger partial charge in [0.15, 0.2) is 0 Å². The molecule has 4 heteroatoms. The second kappa shape index (κ2) is 6.92. The van der Waals surface area contributed by atoms with Crippen LogP contribution in [0.15, 0.2) is 36.4 Å². The quantitative estimate of drug-likeness (QED) is 0.878. The molecule has 2 nitrogen and oxygen atoms in total. The van der Waals surface area contributed by atoms with E-state index in [0.29, 0.717) is 17.1 Å². The van der Waals surface area contributed by atoms with Crippen molar-refractivity contribution < 1.29 is 9.13 Å². The molecule has 0 radical (unpaired) electrons. The lowest BCUT2D eigenvalue weighted by Gasteiger charge is -2.21. The lowest BCUT2D eigenvalue weighted by atomic mass is 9.96. The molecule has 0 aromatic heterocycles. The van der Waals surface area contributed by atoms with Crippen molar-refractivity contribution >= 4 is 11.6 Å². The highest BCUT2D eigenvalue weighted by atomic mass is 35.5. The third-order valence-corrected chi connectivity index (χ3v) is 3.78. The van der Waals surface area contributed by atoms with Crippen LogP contribution in [0, 0.1) is 12.7 Å². The zero-order valence-corrected chi connectivity index (χ0v) is 13.2. The first kappa shape index (κ1) is 15.8. The zero-order valence-electron chi connectivity index (χ0n) is 12.4. The minimum atomic E-state index is -0.304. The van der Waals surface area contributed by atoms with Crippen LogP contribution < -0.4 is 10.1 Å². The van der Waals surface area contributed by atoms with E-state index in [-0.39, 0.29) is 11.9 Å². The van der Waals surface area contributed by atoms with Crippen LogP contribution in [0.4, 0.5) is 4.39 Å². The van der Waals surface area contributed by atoms with E-state index in [1.54, 1.807) is 19.2 Å². The van der Waals surface area contributed by atoms with Crippen molar-refractivity contribution in [2.24, 2.45) is 0 Å². The Balaban J connectivity index is 2.51. The van der Waals surface area contributed by atoms with Gasteiger partial charge in [0.2, 0.25) is 0 Å². The largest absolute Gasteiger partial charge is 0.496 e. The first-order valence-electron chi connectivity index (χ1n) is 6.90. The third-order valence-electron chi connectivity index (χ3n) is 3.45. The first-order chi connectivity index (χ1) is 10.1. The highest BCUT2D eigenvalue weighted by molar-refractivity contribution is 6.31. The number of benzene rings is 2. The van der Waals surface area contributed by atoms with Crippen molar-refractivity contribution in [3.63, 3.8) is 0 Å². The third kappa shape index (κ3) is 3.36. The Labute approximate surface area is 129 Å². The standard InChI is InChI=1S/C17H19ClFNO/c1-4-20-17(16-13(18)6-5-7-14(16)19)12-8-9-15(21-3)11(2)10-12/h5-10,17,20H,4H2,1-3H3. The summed E-state index contributed by atoms with van der Waals surface area (Å²) in [6, 6.07) is 10.3. The maximum absolute atomic E-state index is 14.2. The molecule has 1 atom stereocenters. The predicted molar refractivity (Wildman–Crippen MR) is 84.7 cm³/mol. The molecular formula is C17H19ClFNO. The molecule has 21 heavy (non-hydrogen) atoms. The summed E-state index contributed by atoms with van der Waals surface area (Å²) in [7, 11) is 1.64. The van der Waals surface area contributed by atoms with Gasteiger partial charge >= 0.3 is 0 Å². The van der Waals surface area contributed by atoms with E-state index in [4.69, 9.17) is 16.3 Å². The number of hydrogen-bond donors (Lipinski definition) is 1. The molecule has 1 unspecified atom stereocenters. The number of hydrogen-bond acceptors (Lipinski definition) is 2. The average Bonchev–Trinajstić information content (AvgIpc) is 2.46. The monoisotopic (exact) mass is 307 g/mol. The molecule has 2 aromatic carbocycles. The topological polar surface area (TPSA) is 21.3 Å². The van der Waals surface area contributed by atoms with E-state index in [1.165, 1.54) is 6.07 Å². The van der Waals surface area contributed by atoms with E-state index in [1.807, 2.05) is 32.0 Å². The van der Waals surface area contributed by atoms with Crippen molar-refractivity contribution in [3.8, 4) is 5.75 Å². The van der Waals surface area contributed by atoms with Gasteiger partial charge in [0.25, 0.3) is 0 Å². The molecular weight excluding hydrogens is 289 g/mol. The van der Waals surface area contributed by atoms with Crippen LogP contribution in [0.3, 0.4) is 0 Å². The van der Waals surface area contributed by atoms with Crippen LogP contribution in [0.5, 0.6) is 5.75 Å². The van der Waals surface area contributed by atoms with Crippen LogP contribution in [0.25, 0.3) is 0 Å². The first-order valence-corrected chi connectivity index (χ1v) is 7.28. The molecule has 0 amide bonds. The van der Waals surface area contributed by atoms with Gasteiger partial charge in [0.1, 0.15) is 11.6 Å². The summed E-state index contributed by atoms with van der Waals surface area (Å²) in [4.78, 5) is 0. The average molecular weight is 308 g/mol. The van der Waals surface area contributed by atoms with Crippen molar-refractivity contribution in [1.29, 1.82) is 0 Å². The van der Waals surface area contributed by atoms with Crippen molar-refractivity contribution in [3.05, 3.63) is 63.9 Å².